The van der Waals surface area contributed by atoms with E-state index in [-0.39, 0.29) is 22.0 Å². The summed E-state index contributed by atoms with van der Waals surface area (Å²) in [6.07, 6.45) is 1.45. The Morgan fingerprint density at radius 1 is 1.11 bits per heavy atom. The third kappa shape index (κ3) is 4.24. The minimum absolute atomic E-state index is 0.173. The number of hydrogen-bond donors (Lipinski definition) is 3. The molecule has 3 aromatic rings. The van der Waals surface area contributed by atoms with Gasteiger partial charge in [-0.25, -0.2) is 4.39 Å². The average molecular weight is 389 g/mol. The Balaban J connectivity index is 1.83. The zero-order chi connectivity index (χ0) is 19.4. The smallest absolute Gasteiger partial charge is 0.273 e. The highest BCUT2D eigenvalue weighted by atomic mass is 35.5. The fourth-order valence-electron chi connectivity index (χ4n) is 2.33. The monoisotopic (exact) mass is 388 g/mol. The first-order chi connectivity index (χ1) is 13.0. The van der Waals surface area contributed by atoms with Crippen LogP contribution in [0.25, 0.3) is 0 Å². The van der Waals surface area contributed by atoms with Gasteiger partial charge in [-0.3, -0.25) is 14.7 Å². The molecule has 3 rings (SSSR count). The second kappa shape index (κ2) is 7.88. The van der Waals surface area contributed by atoms with Crippen molar-refractivity contribution in [2.45, 2.75) is 0 Å². The van der Waals surface area contributed by atoms with E-state index in [1.54, 1.807) is 12.1 Å². The summed E-state index contributed by atoms with van der Waals surface area (Å²) in [4.78, 5) is 24.5. The van der Waals surface area contributed by atoms with Crippen molar-refractivity contribution in [3.8, 4) is 5.75 Å². The SMILES string of the molecule is COc1ccc(NC(=O)c2ccn[nH]2)cc1NC(=O)c1ccc(Cl)cc1F. The van der Waals surface area contributed by atoms with E-state index in [1.165, 1.54) is 37.6 Å². The highest BCUT2D eigenvalue weighted by molar-refractivity contribution is 6.30. The van der Waals surface area contributed by atoms with Gasteiger partial charge in [-0.15, -0.1) is 0 Å². The summed E-state index contributed by atoms with van der Waals surface area (Å²) in [5.74, 6) is -1.49. The van der Waals surface area contributed by atoms with Crippen molar-refractivity contribution in [1.82, 2.24) is 10.2 Å². The van der Waals surface area contributed by atoms with Crippen LogP contribution in [-0.2, 0) is 0 Å². The van der Waals surface area contributed by atoms with Crippen LogP contribution in [-0.4, -0.2) is 29.1 Å². The highest BCUT2D eigenvalue weighted by Gasteiger charge is 2.16. The zero-order valence-electron chi connectivity index (χ0n) is 14.0. The Morgan fingerprint density at radius 3 is 2.59 bits per heavy atom. The lowest BCUT2D eigenvalue weighted by atomic mass is 10.2. The molecule has 2 amide bonds. The minimum Gasteiger partial charge on any atom is -0.495 e. The number of carbonyl (C=O) groups excluding carboxylic acids is 2. The molecule has 138 valence electrons. The van der Waals surface area contributed by atoms with E-state index in [0.717, 1.165) is 6.07 Å². The summed E-state index contributed by atoms with van der Waals surface area (Å²) >= 11 is 5.70. The minimum atomic E-state index is -0.748. The van der Waals surface area contributed by atoms with Gasteiger partial charge in [0, 0.05) is 16.9 Å². The molecule has 0 bridgehead atoms. The van der Waals surface area contributed by atoms with Crippen molar-refractivity contribution in [1.29, 1.82) is 0 Å². The fourth-order valence-corrected chi connectivity index (χ4v) is 2.49. The normalized spacial score (nSPS) is 10.3. The van der Waals surface area contributed by atoms with Crippen molar-refractivity contribution in [3.63, 3.8) is 0 Å². The van der Waals surface area contributed by atoms with Gasteiger partial charge in [0.15, 0.2) is 0 Å². The molecule has 1 aromatic heterocycles. The molecule has 7 nitrogen and oxygen atoms in total. The molecule has 27 heavy (non-hydrogen) atoms. The van der Waals surface area contributed by atoms with Gasteiger partial charge in [0.1, 0.15) is 17.3 Å². The molecule has 1 heterocycles. The number of nitrogens with one attached hydrogen (secondary N) is 3. The van der Waals surface area contributed by atoms with Gasteiger partial charge in [-0.05, 0) is 42.5 Å². The number of amides is 2. The van der Waals surface area contributed by atoms with Gasteiger partial charge in [-0.1, -0.05) is 11.6 Å². The highest BCUT2D eigenvalue weighted by Crippen LogP contribution is 2.29. The predicted octanol–water partition coefficient (Wildman–Crippen LogP) is 3.72. The van der Waals surface area contributed by atoms with E-state index in [0.29, 0.717) is 11.4 Å². The number of ether oxygens (including phenoxy) is 1. The second-order valence-electron chi connectivity index (χ2n) is 5.42. The van der Waals surface area contributed by atoms with E-state index in [4.69, 9.17) is 16.3 Å². The van der Waals surface area contributed by atoms with Crippen molar-refractivity contribution < 1.29 is 18.7 Å². The summed E-state index contributed by atoms with van der Waals surface area (Å²) < 4.78 is 19.2. The van der Waals surface area contributed by atoms with Crippen LogP contribution >= 0.6 is 11.6 Å². The van der Waals surface area contributed by atoms with Crippen LogP contribution < -0.4 is 15.4 Å². The molecule has 0 saturated carbocycles. The van der Waals surface area contributed by atoms with Crippen LogP contribution in [0.15, 0.2) is 48.7 Å². The molecule has 2 aromatic carbocycles. The fraction of sp³-hybridized carbons (Fsp3) is 0.0556. The molecule has 3 N–H and O–H groups in total. The van der Waals surface area contributed by atoms with E-state index >= 15 is 0 Å². The summed E-state index contributed by atoms with van der Waals surface area (Å²) in [5.41, 5.74) is 0.773. The van der Waals surface area contributed by atoms with Gasteiger partial charge in [0.25, 0.3) is 11.8 Å². The maximum absolute atomic E-state index is 14.0. The number of rotatable bonds is 5. The lowest BCUT2D eigenvalue weighted by molar-refractivity contribution is 0.101. The number of nitrogens with zero attached hydrogens (tertiary/aromatic N) is 1. The predicted molar refractivity (Wildman–Crippen MR) is 98.9 cm³/mol. The van der Waals surface area contributed by atoms with Crippen LogP contribution in [0.2, 0.25) is 5.02 Å². The van der Waals surface area contributed by atoms with Gasteiger partial charge in [0.05, 0.1) is 18.4 Å². The quantitative estimate of drug-likeness (QED) is 0.620. The molecule has 0 aliphatic heterocycles. The number of carbonyl (C=O) groups is 2. The van der Waals surface area contributed by atoms with E-state index < -0.39 is 17.6 Å². The maximum atomic E-state index is 14.0. The first-order valence-electron chi connectivity index (χ1n) is 7.73. The molecule has 0 atom stereocenters. The number of hydrogen-bond acceptors (Lipinski definition) is 4. The van der Waals surface area contributed by atoms with E-state index in [9.17, 15) is 14.0 Å². The molecule has 0 aliphatic carbocycles. The topological polar surface area (TPSA) is 96.1 Å². The van der Waals surface area contributed by atoms with Gasteiger partial charge in [-0.2, -0.15) is 5.10 Å². The first-order valence-corrected chi connectivity index (χ1v) is 8.11. The molecule has 0 unspecified atom stereocenters. The van der Waals surface area contributed by atoms with Crippen LogP contribution in [0.3, 0.4) is 0 Å². The third-order valence-corrected chi connectivity index (χ3v) is 3.86. The van der Waals surface area contributed by atoms with Crippen molar-refractivity contribution in [2.75, 3.05) is 17.7 Å². The van der Waals surface area contributed by atoms with Crippen molar-refractivity contribution >= 4 is 34.8 Å². The molecule has 0 spiro atoms. The second-order valence-corrected chi connectivity index (χ2v) is 5.85. The number of H-pyrrole nitrogens is 1. The van der Waals surface area contributed by atoms with Gasteiger partial charge < -0.3 is 15.4 Å². The maximum Gasteiger partial charge on any atom is 0.273 e. The number of anilines is 2. The molecule has 0 radical (unpaired) electrons. The number of aromatic amines is 1. The summed E-state index contributed by atoms with van der Waals surface area (Å²) in [5, 5.41) is 11.7. The van der Waals surface area contributed by atoms with Crippen molar-refractivity contribution in [2.24, 2.45) is 0 Å². The lowest BCUT2D eigenvalue weighted by Crippen LogP contribution is -2.16. The molecule has 0 saturated heterocycles. The first kappa shape index (κ1) is 18.4. The van der Waals surface area contributed by atoms with E-state index in [2.05, 4.69) is 20.8 Å². The summed E-state index contributed by atoms with van der Waals surface area (Å²) in [7, 11) is 1.43. The average Bonchev–Trinajstić information content (AvgIpc) is 3.16. The van der Waals surface area contributed by atoms with Crippen LogP contribution in [0.1, 0.15) is 20.8 Å². The van der Waals surface area contributed by atoms with Gasteiger partial charge in [0.2, 0.25) is 0 Å². The Bertz CT molecular complexity index is 992. The Morgan fingerprint density at radius 2 is 1.93 bits per heavy atom. The molecular weight excluding hydrogens is 375 g/mol. The van der Waals surface area contributed by atoms with E-state index in [1.807, 2.05) is 0 Å². The standard InChI is InChI=1S/C18H14ClFN4O3/c1-27-16-5-3-11(22-18(26)14-6-7-21-24-14)9-15(16)23-17(25)12-4-2-10(19)8-13(12)20/h2-9H,1H3,(H,21,24)(H,22,26)(H,23,25). The van der Waals surface area contributed by atoms with Crippen LogP contribution in [0.5, 0.6) is 5.75 Å². The van der Waals surface area contributed by atoms with Crippen LogP contribution in [0.4, 0.5) is 15.8 Å². The number of aromatic nitrogens is 2. The van der Waals surface area contributed by atoms with Crippen LogP contribution in [0, 0.1) is 5.82 Å². The molecular formula is C18H14ClFN4O3. The van der Waals surface area contributed by atoms with Crippen molar-refractivity contribution in [3.05, 3.63) is 70.8 Å². The Kier molecular flexibility index (Phi) is 5.37. The number of halogens is 2. The summed E-state index contributed by atoms with van der Waals surface area (Å²) in [6, 6.07) is 9.93. The third-order valence-electron chi connectivity index (χ3n) is 3.63. The largest absolute Gasteiger partial charge is 0.495 e. The number of benzene rings is 2. The molecule has 0 fully saturated rings. The van der Waals surface area contributed by atoms with Gasteiger partial charge >= 0.3 is 0 Å². The zero-order valence-corrected chi connectivity index (χ0v) is 14.8. The summed E-state index contributed by atoms with van der Waals surface area (Å²) in [6.45, 7) is 0. The number of methoxy groups -OCH3 is 1. The molecule has 0 aliphatic rings. The Hall–Kier alpha value is -3.39. The Labute approximate surface area is 158 Å². The molecule has 9 heteroatoms. The lowest BCUT2D eigenvalue weighted by Gasteiger charge is -2.13.